The summed E-state index contributed by atoms with van der Waals surface area (Å²) in [5.74, 6) is 0.173. The third-order valence-electron chi connectivity index (χ3n) is 2.27. The number of hydrogen-bond donors (Lipinski definition) is 2. The fourth-order valence-corrected chi connectivity index (χ4v) is 1.40. The maximum absolute atomic E-state index is 10.7. The van der Waals surface area contributed by atoms with Crippen molar-refractivity contribution in [1.82, 2.24) is 10.3 Å². The molecule has 0 aromatic carbocycles. The topological polar surface area (TPSA) is 44.9 Å². The minimum Gasteiger partial charge on any atom is -0.365 e. The van der Waals surface area contributed by atoms with Crippen molar-refractivity contribution in [2.24, 2.45) is 0 Å². The standard InChI is InChI=1S/C11H18N2O/c1-9(14)7-12-8-11(2,3)10-5-4-6-13-10/h4-6,12-13H,7-8H2,1-3H3. The van der Waals surface area contributed by atoms with Crippen LogP contribution in [0.4, 0.5) is 0 Å². The normalized spacial score (nSPS) is 11.6. The van der Waals surface area contributed by atoms with Gasteiger partial charge in [0.1, 0.15) is 5.78 Å². The van der Waals surface area contributed by atoms with Gasteiger partial charge in [-0.2, -0.15) is 0 Å². The van der Waals surface area contributed by atoms with E-state index in [1.54, 1.807) is 6.92 Å². The lowest BCUT2D eigenvalue weighted by Gasteiger charge is -2.23. The predicted molar refractivity (Wildman–Crippen MR) is 57.4 cm³/mol. The van der Waals surface area contributed by atoms with Gasteiger partial charge in [-0.3, -0.25) is 4.79 Å². The first-order valence-electron chi connectivity index (χ1n) is 4.86. The van der Waals surface area contributed by atoms with Gasteiger partial charge in [-0.1, -0.05) is 13.8 Å². The van der Waals surface area contributed by atoms with Crippen LogP contribution in [0.15, 0.2) is 18.3 Å². The van der Waals surface area contributed by atoms with Crippen molar-refractivity contribution in [1.29, 1.82) is 0 Å². The summed E-state index contributed by atoms with van der Waals surface area (Å²) in [6.07, 6.45) is 1.92. The van der Waals surface area contributed by atoms with E-state index in [1.165, 1.54) is 5.69 Å². The van der Waals surface area contributed by atoms with Crippen LogP contribution in [0.25, 0.3) is 0 Å². The Bertz CT molecular complexity index is 288. The van der Waals surface area contributed by atoms with E-state index < -0.39 is 0 Å². The molecular formula is C11H18N2O. The first-order chi connectivity index (χ1) is 6.52. The number of hydrogen-bond acceptors (Lipinski definition) is 2. The van der Waals surface area contributed by atoms with Crippen LogP contribution in [0.5, 0.6) is 0 Å². The molecule has 0 unspecified atom stereocenters. The van der Waals surface area contributed by atoms with Gasteiger partial charge in [0.2, 0.25) is 0 Å². The molecule has 0 amide bonds. The molecule has 0 saturated carbocycles. The second kappa shape index (κ2) is 4.42. The van der Waals surface area contributed by atoms with Crippen molar-refractivity contribution in [2.75, 3.05) is 13.1 Å². The number of carbonyl (C=O) groups excluding carboxylic acids is 1. The van der Waals surface area contributed by atoms with Crippen molar-refractivity contribution >= 4 is 5.78 Å². The third-order valence-corrected chi connectivity index (χ3v) is 2.27. The fraction of sp³-hybridized carbons (Fsp3) is 0.545. The van der Waals surface area contributed by atoms with E-state index in [0.717, 1.165) is 6.54 Å². The van der Waals surface area contributed by atoms with Crippen molar-refractivity contribution < 1.29 is 4.79 Å². The van der Waals surface area contributed by atoms with Crippen molar-refractivity contribution in [3.8, 4) is 0 Å². The molecule has 78 valence electrons. The van der Waals surface area contributed by atoms with Crippen LogP contribution < -0.4 is 5.32 Å². The number of aromatic amines is 1. The predicted octanol–water partition coefficient (Wildman–Crippen LogP) is 1.47. The quantitative estimate of drug-likeness (QED) is 0.745. The second-order valence-corrected chi connectivity index (χ2v) is 4.27. The summed E-state index contributed by atoms with van der Waals surface area (Å²) in [5, 5.41) is 3.14. The zero-order chi connectivity index (χ0) is 10.6. The Balaban J connectivity index is 2.46. The molecule has 0 aliphatic carbocycles. The molecular weight excluding hydrogens is 176 g/mol. The van der Waals surface area contributed by atoms with E-state index in [0.29, 0.717) is 6.54 Å². The van der Waals surface area contributed by atoms with E-state index in [2.05, 4.69) is 30.2 Å². The molecule has 1 rings (SSSR count). The summed E-state index contributed by atoms with van der Waals surface area (Å²) in [5.41, 5.74) is 1.23. The molecule has 1 heterocycles. The third kappa shape index (κ3) is 3.00. The van der Waals surface area contributed by atoms with Crippen molar-refractivity contribution in [3.05, 3.63) is 24.0 Å². The van der Waals surface area contributed by atoms with Crippen molar-refractivity contribution in [3.63, 3.8) is 0 Å². The Morgan fingerprint density at radius 3 is 2.79 bits per heavy atom. The zero-order valence-electron chi connectivity index (χ0n) is 9.05. The van der Waals surface area contributed by atoms with Gasteiger partial charge in [0.05, 0.1) is 6.54 Å². The van der Waals surface area contributed by atoms with Crippen LogP contribution >= 0.6 is 0 Å². The molecule has 0 saturated heterocycles. The van der Waals surface area contributed by atoms with E-state index >= 15 is 0 Å². The molecule has 0 radical (unpaired) electrons. The lowest BCUT2D eigenvalue weighted by molar-refractivity contribution is -0.116. The van der Waals surface area contributed by atoms with Gasteiger partial charge in [0.15, 0.2) is 0 Å². The van der Waals surface area contributed by atoms with Crippen LogP contribution in [0, 0.1) is 0 Å². The SMILES string of the molecule is CC(=O)CNCC(C)(C)c1ccc[nH]1. The monoisotopic (exact) mass is 194 g/mol. The largest absolute Gasteiger partial charge is 0.365 e. The Labute approximate surface area is 84.9 Å². The molecule has 3 heteroatoms. The van der Waals surface area contributed by atoms with Crippen LogP contribution in [-0.4, -0.2) is 23.9 Å². The number of aromatic nitrogens is 1. The van der Waals surface area contributed by atoms with Gasteiger partial charge in [-0.15, -0.1) is 0 Å². The summed E-state index contributed by atoms with van der Waals surface area (Å²) >= 11 is 0. The number of ketones is 1. The average molecular weight is 194 g/mol. The Hall–Kier alpha value is -1.09. The molecule has 2 N–H and O–H groups in total. The summed E-state index contributed by atoms with van der Waals surface area (Å²) in [6, 6.07) is 4.05. The maximum atomic E-state index is 10.7. The van der Waals surface area contributed by atoms with Gasteiger partial charge in [0.25, 0.3) is 0 Å². The van der Waals surface area contributed by atoms with Gasteiger partial charge >= 0.3 is 0 Å². The summed E-state index contributed by atoms with van der Waals surface area (Å²) in [4.78, 5) is 13.9. The zero-order valence-corrected chi connectivity index (χ0v) is 9.05. The van der Waals surface area contributed by atoms with Crippen LogP contribution in [0.3, 0.4) is 0 Å². The fourth-order valence-electron chi connectivity index (χ4n) is 1.40. The smallest absolute Gasteiger partial charge is 0.143 e. The molecule has 3 nitrogen and oxygen atoms in total. The summed E-state index contributed by atoms with van der Waals surface area (Å²) in [7, 11) is 0. The minimum absolute atomic E-state index is 0.0406. The molecule has 0 aliphatic heterocycles. The first-order valence-corrected chi connectivity index (χ1v) is 4.86. The van der Waals surface area contributed by atoms with Gasteiger partial charge < -0.3 is 10.3 Å². The average Bonchev–Trinajstić information content (AvgIpc) is 2.54. The Kier molecular flexibility index (Phi) is 3.47. The molecule has 14 heavy (non-hydrogen) atoms. The first kappa shape index (κ1) is 11.0. The van der Waals surface area contributed by atoms with Crippen LogP contribution in [0.2, 0.25) is 0 Å². The highest BCUT2D eigenvalue weighted by Gasteiger charge is 2.20. The number of carbonyl (C=O) groups is 1. The minimum atomic E-state index is 0.0406. The summed E-state index contributed by atoms with van der Waals surface area (Å²) in [6.45, 7) is 7.13. The lowest BCUT2D eigenvalue weighted by Crippen LogP contribution is -2.35. The molecule has 1 aromatic rings. The summed E-state index contributed by atoms with van der Waals surface area (Å²) < 4.78 is 0. The molecule has 0 atom stereocenters. The highest BCUT2D eigenvalue weighted by Crippen LogP contribution is 2.19. The van der Waals surface area contributed by atoms with E-state index in [4.69, 9.17) is 0 Å². The molecule has 0 spiro atoms. The molecule has 0 fully saturated rings. The highest BCUT2D eigenvalue weighted by atomic mass is 16.1. The number of Topliss-reactive ketones (excluding diaryl/α,β-unsaturated/α-hetero) is 1. The second-order valence-electron chi connectivity index (χ2n) is 4.27. The molecule has 0 bridgehead atoms. The van der Waals surface area contributed by atoms with Crippen LogP contribution in [0.1, 0.15) is 26.5 Å². The van der Waals surface area contributed by atoms with Crippen molar-refractivity contribution in [2.45, 2.75) is 26.2 Å². The Morgan fingerprint density at radius 2 is 2.29 bits per heavy atom. The number of nitrogens with one attached hydrogen (secondary N) is 2. The van der Waals surface area contributed by atoms with E-state index in [1.807, 2.05) is 12.3 Å². The number of rotatable bonds is 5. The van der Waals surface area contributed by atoms with E-state index in [-0.39, 0.29) is 11.2 Å². The van der Waals surface area contributed by atoms with Gasteiger partial charge in [0, 0.05) is 23.9 Å². The number of H-pyrrole nitrogens is 1. The Morgan fingerprint density at radius 1 is 1.57 bits per heavy atom. The maximum Gasteiger partial charge on any atom is 0.143 e. The molecule has 1 aromatic heterocycles. The lowest BCUT2D eigenvalue weighted by atomic mass is 9.89. The highest BCUT2D eigenvalue weighted by molar-refractivity contribution is 5.77. The van der Waals surface area contributed by atoms with Crippen LogP contribution in [-0.2, 0) is 10.2 Å². The molecule has 0 aliphatic rings. The van der Waals surface area contributed by atoms with Gasteiger partial charge in [-0.05, 0) is 19.1 Å². The van der Waals surface area contributed by atoms with Gasteiger partial charge in [-0.25, -0.2) is 0 Å². The van der Waals surface area contributed by atoms with E-state index in [9.17, 15) is 4.79 Å².